The fourth-order valence-corrected chi connectivity index (χ4v) is 2.16. The average molecular weight is 351 g/mol. The third kappa shape index (κ3) is 3.80. The molecule has 5 nitrogen and oxygen atoms in total. The van der Waals surface area contributed by atoms with Gasteiger partial charge in [-0.25, -0.2) is 0 Å². The van der Waals surface area contributed by atoms with Crippen molar-refractivity contribution in [3.63, 3.8) is 0 Å². The summed E-state index contributed by atoms with van der Waals surface area (Å²) in [6.07, 6.45) is 0.858. The lowest BCUT2D eigenvalue weighted by Crippen LogP contribution is -2.08. The van der Waals surface area contributed by atoms with Crippen molar-refractivity contribution in [1.29, 1.82) is 0 Å². The molecule has 0 aliphatic heterocycles. The zero-order chi connectivity index (χ0) is 15.4. The summed E-state index contributed by atoms with van der Waals surface area (Å²) in [4.78, 5) is 10.3. The molecule has 2 aromatic rings. The zero-order valence-electron chi connectivity index (χ0n) is 11.5. The van der Waals surface area contributed by atoms with Gasteiger partial charge in [-0.15, -0.1) is 0 Å². The summed E-state index contributed by atoms with van der Waals surface area (Å²) in [7, 11) is 0. The number of nitrogens with two attached hydrogens (primary N) is 1. The monoisotopic (exact) mass is 350 g/mol. The number of hydrogen-bond donors (Lipinski definition) is 1. The van der Waals surface area contributed by atoms with Gasteiger partial charge in [-0.1, -0.05) is 19.1 Å². The van der Waals surface area contributed by atoms with Gasteiger partial charge in [0.15, 0.2) is 0 Å². The number of non-ortho nitro benzene ring substituents is 1. The lowest BCUT2D eigenvalue weighted by atomic mass is 10.1. The van der Waals surface area contributed by atoms with Gasteiger partial charge < -0.3 is 10.5 Å². The molecule has 0 aromatic heterocycles. The largest absolute Gasteiger partial charge is 0.456 e. The number of nitrogens with zero attached hydrogens (tertiary/aromatic N) is 1. The van der Waals surface area contributed by atoms with E-state index in [0.717, 1.165) is 12.0 Å². The van der Waals surface area contributed by atoms with Gasteiger partial charge in [0.2, 0.25) is 0 Å². The molecule has 0 amide bonds. The molecule has 0 saturated heterocycles. The zero-order valence-corrected chi connectivity index (χ0v) is 13.0. The summed E-state index contributed by atoms with van der Waals surface area (Å²) in [5, 5.41) is 10.8. The molecule has 0 fully saturated rings. The Morgan fingerprint density at radius 3 is 2.52 bits per heavy atom. The number of nitro benzene ring substituents is 1. The van der Waals surface area contributed by atoms with Crippen LogP contribution in [-0.4, -0.2) is 4.92 Å². The van der Waals surface area contributed by atoms with E-state index in [-0.39, 0.29) is 11.7 Å². The first kappa shape index (κ1) is 15.5. The number of ether oxygens (including phenoxy) is 1. The Morgan fingerprint density at radius 1 is 1.29 bits per heavy atom. The quantitative estimate of drug-likeness (QED) is 0.633. The van der Waals surface area contributed by atoms with Crippen molar-refractivity contribution < 1.29 is 9.66 Å². The number of nitro groups is 1. The highest BCUT2D eigenvalue weighted by Crippen LogP contribution is 2.33. The van der Waals surface area contributed by atoms with E-state index in [0.29, 0.717) is 16.0 Å². The Hall–Kier alpha value is -1.92. The van der Waals surface area contributed by atoms with Crippen LogP contribution >= 0.6 is 15.9 Å². The van der Waals surface area contributed by atoms with E-state index < -0.39 is 4.92 Å². The normalized spacial score (nSPS) is 12.0. The fraction of sp³-hybridized carbons (Fsp3) is 0.200. The molecule has 2 aromatic carbocycles. The van der Waals surface area contributed by atoms with Gasteiger partial charge in [-0.2, -0.15) is 0 Å². The Morgan fingerprint density at radius 2 is 1.95 bits per heavy atom. The number of hydrogen-bond acceptors (Lipinski definition) is 4. The van der Waals surface area contributed by atoms with Crippen molar-refractivity contribution in [2.75, 3.05) is 0 Å². The lowest BCUT2D eigenvalue weighted by molar-refractivity contribution is -0.384. The molecule has 0 aliphatic rings. The smallest absolute Gasteiger partial charge is 0.273 e. The van der Waals surface area contributed by atoms with Crippen LogP contribution in [0, 0.1) is 10.1 Å². The van der Waals surface area contributed by atoms with E-state index in [1.807, 2.05) is 19.1 Å². The maximum atomic E-state index is 10.8. The van der Waals surface area contributed by atoms with E-state index in [1.54, 1.807) is 18.2 Å². The highest BCUT2D eigenvalue weighted by atomic mass is 79.9. The number of benzene rings is 2. The molecular weight excluding hydrogens is 336 g/mol. The average Bonchev–Trinajstić information content (AvgIpc) is 2.49. The molecule has 0 bridgehead atoms. The van der Waals surface area contributed by atoms with Crippen LogP contribution in [-0.2, 0) is 0 Å². The summed E-state index contributed by atoms with van der Waals surface area (Å²) in [6, 6.07) is 11.8. The predicted octanol–water partition coefficient (Wildman–Crippen LogP) is 4.56. The molecular formula is C15H15BrN2O3. The van der Waals surface area contributed by atoms with E-state index in [1.165, 1.54) is 12.1 Å². The first-order chi connectivity index (χ1) is 10.0. The van der Waals surface area contributed by atoms with Gasteiger partial charge in [0.25, 0.3) is 5.69 Å². The van der Waals surface area contributed by atoms with Gasteiger partial charge in [-0.3, -0.25) is 10.1 Å². The van der Waals surface area contributed by atoms with Crippen LogP contribution in [0.1, 0.15) is 24.9 Å². The van der Waals surface area contributed by atoms with E-state index in [2.05, 4.69) is 15.9 Å². The van der Waals surface area contributed by atoms with Crippen molar-refractivity contribution in [2.24, 2.45) is 5.73 Å². The van der Waals surface area contributed by atoms with Crippen LogP contribution in [0.3, 0.4) is 0 Å². The molecule has 0 heterocycles. The minimum absolute atomic E-state index is 0.00333. The Balaban J connectivity index is 2.22. The summed E-state index contributed by atoms with van der Waals surface area (Å²) in [5.74, 6) is 1.000. The number of halogens is 1. The van der Waals surface area contributed by atoms with Crippen LogP contribution in [0.4, 0.5) is 5.69 Å². The maximum Gasteiger partial charge on any atom is 0.273 e. The molecule has 21 heavy (non-hydrogen) atoms. The molecule has 2 rings (SSSR count). The molecule has 0 radical (unpaired) electrons. The molecule has 6 heteroatoms. The first-order valence-electron chi connectivity index (χ1n) is 6.48. The van der Waals surface area contributed by atoms with Crippen molar-refractivity contribution in [3.05, 3.63) is 62.6 Å². The Kier molecular flexibility index (Phi) is 4.93. The second-order valence-corrected chi connectivity index (χ2v) is 5.41. The SMILES string of the molecule is CC[C@@H](N)c1ccc(Oc2cc([N+](=O)[O-])ccc2Br)cc1. The standard InChI is InChI=1S/C15H15BrN2O3/c1-2-14(17)10-3-6-12(7-4-10)21-15-9-11(18(19)20)5-8-13(15)16/h3-9,14H,2,17H2,1H3/t14-/m1/s1. The van der Waals surface area contributed by atoms with Crippen molar-refractivity contribution in [3.8, 4) is 11.5 Å². The summed E-state index contributed by atoms with van der Waals surface area (Å²) in [6.45, 7) is 2.02. The Bertz CT molecular complexity index is 644. The summed E-state index contributed by atoms with van der Waals surface area (Å²) in [5.41, 5.74) is 6.97. The molecule has 2 N–H and O–H groups in total. The van der Waals surface area contributed by atoms with Crippen LogP contribution in [0.25, 0.3) is 0 Å². The third-order valence-electron chi connectivity index (χ3n) is 3.10. The van der Waals surface area contributed by atoms with Gasteiger partial charge in [-0.05, 0) is 46.1 Å². The van der Waals surface area contributed by atoms with Crippen LogP contribution < -0.4 is 10.5 Å². The highest BCUT2D eigenvalue weighted by Gasteiger charge is 2.11. The topological polar surface area (TPSA) is 78.4 Å². The fourth-order valence-electron chi connectivity index (χ4n) is 1.83. The van der Waals surface area contributed by atoms with Gasteiger partial charge in [0.05, 0.1) is 15.5 Å². The first-order valence-corrected chi connectivity index (χ1v) is 7.28. The molecule has 0 aliphatic carbocycles. The van der Waals surface area contributed by atoms with Crippen LogP contribution in [0.2, 0.25) is 0 Å². The summed E-state index contributed by atoms with van der Waals surface area (Å²) >= 11 is 3.32. The van der Waals surface area contributed by atoms with Crippen LogP contribution in [0.15, 0.2) is 46.9 Å². The van der Waals surface area contributed by atoms with Gasteiger partial charge in [0.1, 0.15) is 11.5 Å². The molecule has 0 saturated carbocycles. The van der Waals surface area contributed by atoms with Crippen molar-refractivity contribution in [2.45, 2.75) is 19.4 Å². The molecule has 0 spiro atoms. The second kappa shape index (κ2) is 6.69. The molecule has 0 unspecified atom stereocenters. The lowest BCUT2D eigenvalue weighted by Gasteiger charge is -2.11. The van der Waals surface area contributed by atoms with Gasteiger partial charge >= 0.3 is 0 Å². The summed E-state index contributed by atoms with van der Waals surface area (Å²) < 4.78 is 6.33. The van der Waals surface area contributed by atoms with Gasteiger partial charge in [0, 0.05) is 12.1 Å². The predicted molar refractivity (Wildman–Crippen MR) is 84.5 cm³/mol. The van der Waals surface area contributed by atoms with Crippen LogP contribution in [0.5, 0.6) is 11.5 Å². The minimum atomic E-state index is -0.456. The third-order valence-corrected chi connectivity index (χ3v) is 3.76. The molecule has 1 atom stereocenters. The van der Waals surface area contributed by atoms with Crippen molar-refractivity contribution in [1.82, 2.24) is 0 Å². The Labute approximate surface area is 131 Å². The van der Waals surface area contributed by atoms with E-state index in [9.17, 15) is 10.1 Å². The van der Waals surface area contributed by atoms with E-state index >= 15 is 0 Å². The molecule has 110 valence electrons. The minimum Gasteiger partial charge on any atom is -0.456 e. The number of rotatable bonds is 5. The maximum absolute atomic E-state index is 10.8. The van der Waals surface area contributed by atoms with E-state index in [4.69, 9.17) is 10.5 Å². The van der Waals surface area contributed by atoms with Crippen molar-refractivity contribution >= 4 is 21.6 Å². The highest BCUT2D eigenvalue weighted by molar-refractivity contribution is 9.10. The second-order valence-electron chi connectivity index (χ2n) is 4.56.